The van der Waals surface area contributed by atoms with Gasteiger partial charge in [-0.3, -0.25) is 0 Å². The Kier molecular flexibility index (Phi) is 1.84. The molecule has 0 heterocycles. The van der Waals surface area contributed by atoms with E-state index < -0.39 is 0 Å². The Morgan fingerprint density at radius 1 is 0.900 bits per heavy atom. The SMILES string of the molecule is [B]c1cc(C)c(C)cc1C. The van der Waals surface area contributed by atoms with Crippen LogP contribution >= 0.6 is 0 Å². The second-order valence-corrected chi connectivity index (χ2v) is 2.79. The van der Waals surface area contributed by atoms with Crippen LogP contribution in [0.15, 0.2) is 12.1 Å². The number of hydrogen-bond donors (Lipinski definition) is 0. The summed E-state index contributed by atoms with van der Waals surface area (Å²) in [6, 6.07) is 4.13. The maximum absolute atomic E-state index is 5.69. The summed E-state index contributed by atoms with van der Waals surface area (Å²) in [5.74, 6) is 0. The van der Waals surface area contributed by atoms with E-state index in [-0.39, 0.29) is 0 Å². The average molecular weight is 130 g/mol. The molecule has 2 radical (unpaired) electrons. The molecule has 0 unspecified atom stereocenters. The molecule has 10 heavy (non-hydrogen) atoms. The first-order chi connectivity index (χ1) is 4.61. The van der Waals surface area contributed by atoms with Gasteiger partial charge in [0.15, 0.2) is 0 Å². The second kappa shape index (κ2) is 2.49. The topological polar surface area (TPSA) is 0 Å². The molecule has 0 aliphatic heterocycles. The Morgan fingerprint density at radius 2 is 1.40 bits per heavy atom. The van der Waals surface area contributed by atoms with Crippen LogP contribution in [0.3, 0.4) is 0 Å². The molecule has 0 aromatic heterocycles. The van der Waals surface area contributed by atoms with Crippen LogP contribution < -0.4 is 5.46 Å². The smallest absolute Gasteiger partial charge is 0.0935 e. The molecule has 0 atom stereocenters. The van der Waals surface area contributed by atoms with E-state index in [9.17, 15) is 0 Å². The predicted octanol–water partition coefficient (Wildman–Crippen LogP) is 1.41. The third-order valence-corrected chi connectivity index (χ3v) is 1.88. The summed E-state index contributed by atoms with van der Waals surface area (Å²) in [7, 11) is 5.69. The third-order valence-electron chi connectivity index (χ3n) is 1.88. The molecule has 50 valence electrons. The first kappa shape index (κ1) is 7.39. The summed E-state index contributed by atoms with van der Waals surface area (Å²) in [4.78, 5) is 0. The molecule has 0 bridgehead atoms. The summed E-state index contributed by atoms with van der Waals surface area (Å²) >= 11 is 0. The predicted molar refractivity (Wildman–Crippen MR) is 46.0 cm³/mol. The molecule has 0 saturated carbocycles. The van der Waals surface area contributed by atoms with Crippen LogP contribution in [0.1, 0.15) is 16.7 Å². The van der Waals surface area contributed by atoms with Gasteiger partial charge in [0.2, 0.25) is 0 Å². The minimum absolute atomic E-state index is 0.892. The molecule has 1 aromatic carbocycles. The minimum atomic E-state index is 0.892. The van der Waals surface area contributed by atoms with E-state index in [1.54, 1.807) is 0 Å². The van der Waals surface area contributed by atoms with Gasteiger partial charge >= 0.3 is 0 Å². The zero-order chi connectivity index (χ0) is 7.72. The Bertz CT molecular complexity index is 201. The van der Waals surface area contributed by atoms with E-state index in [0.717, 1.165) is 5.46 Å². The molecule has 0 fully saturated rings. The minimum Gasteiger partial charge on any atom is -0.0935 e. The van der Waals surface area contributed by atoms with Gasteiger partial charge in [-0.25, -0.2) is 0 Å². The van der Waals surface area contributed by atoms with Gasteiger partial charge in [0.1, 0.15) is 7.85 Å². The monoisotopic (exact) mass is 130 g/mol. The molecule has 0 N–H and O–H groups in total. The largest absolute Gasteiger partial charge is 0.114 e. The summed E-state index contributed by atoms with van der Waals surface area (Å²) in [5, 5.41) is 0. The maximum Gasteiger partial charge on any atom is 0.114 e. The van der Waals surface area contributed by atoms with Crippen molar-refractivity contribution in [3.8, 4) is 0 Å². The van der Waals surface area contributed by atoms with Gasteiger partial charge < -0.3 is 0 Å². The fourth-order valence-corrected chi connectivity index (χ4v) is 0.983. The summed E-state index contributed by atoms with van der Waals surface area (Å²) in [6.45, 7) is 6.20. The highest BCUT2D eigenvalue weighted by Crippen LogP contribution is 2.05. The summed E-state index contributed by atoms with van der Waals surface area (Å²) in [5.41, 5.74) is 4.64. The zero-order valence-electron chi connectivity index (χ0n) is 6.73. The van der Waals surface area contributed by atoms with E-state index in [0.29, 0.717) is 0 Å². The fraction of sp³-hybridized carbons (Fsp3) is 0.333. The highest BCUT2D eigenvalue weighted by molar-refractivity contribution is 6.33. The Balaban J connectivity index is 3.28. The molecule has 0 nitrogen and oxygen atoms in total. The zero-order valence-corrected chi connectivity index (χ0v) is 6.73. The van der Waals surface area contributed by atoms with Gasteiger partial charge in [0.05, 0.1) is 0 Å². The standard InChI is InChI=1S/C9H11B/c1-6-4-8(3)9(10)5-7(6)2/h4-5H,1-3H3. The van der Waals surface area contributed by atoms with Crippen LogP contribution in [-0.4, -0.2) is 7.85 Å². The van der Waals surface area contributed by atoms with Crippen molar-refractivity contribution in [1.29, 1.82) is 0 Å². The van der Waals surface area contributed by atoms with E-state index in [1.807, 2.05) is 13.0 Å². The van der Waals surface area contributed by atoms with Crippen molar-refractivity contribution in [1.82, 2.24) is 0 Å². The molecule has 1 heteroatoms. The van der Waals surface area contributed by atoms with Crippen LogP contribution in [0, 0.1) is 20.8 Å². The summed E-state index contributed by atoms with van der Waals surface area (Å²) < 4.78 is 0. The van der Waals surface area contributed by atoms with Crippen molar-refractivity contribution in [3.63, 3.8) is 0 Å². The Hall–Kier alpha value is -0.715. The van der Waals surface area contributed by atoms with Crippen molar-refractivity contribution in [3.05, 3.63) is 28.8 Å². The lowest BCUT2D eigenvalue weighted by atomic mass is 9.88. The number of hydrogen-bond acceptors (Lipinski definition) is 0. The quantitative estimate of drug-likeness (QED) is 0.465. The van der Waals surface area contributed by atoms with E-state index >= 15 is 0 Å². The van der Waals surface area contributed by atoms with Crippen molar-refractivity contribution < 1.29 is 0 Å². The molecule has 0 spiro atoms. The van der Waals surface area contributed by atoms with Crippen molar-refractivity contribution in [2.24, 2.45) is 0 Å². The molecule has 0 saturated heterocycles. The molecule has 1 rings (SSSR count). The fourth-order valence-electron chi connectivity index (χ4n) is 0.983. The number of aryl methyl sites for hydroxylation is 3. The number of rotatable bonds is 0. The lowest BCUT2D eigenvalue weighted by Gasteiger charge is -2.04. The van der Waals surface area contributed by atoms with Gasteiger partial charge in [-0.1, -0.05) is 23.2 Å². The normalized spacial score (nSPS) is 9.90. The lowest BCUT2D eigenvalue weighted by Crippen LogP contribution is -2.07. The maximum atomic E-state index is 5.69. The molecular weight excluding hydrogens is 119 g/mol. The first-order valence-corrected chi connectivity index (χ1v) is 3.44. The highest BCUT2D eigenvalue weighted by Gasteiger charge is 1.94. The van der Waals surface area contributed by atoms with Gasteiger partial charge in [0, 0.05) is 0 Å². The number of benzene rings is 1. The molecule has 0 amide bonds. The van der Waals surface area contributed by atoms with Gasteiger partial charge in [0.25, 0.3) is 0 Å². The van der Waals surface area contributed by atoms with Gasteiger partial charge in [-0.15, -0.1) is 0 Å². The lowest BCUT2D eigenvalue weighted by molar-refractivity contribution is 1.32. The van der Waals surface area contributed by atoms with Crippen molar-refractivity contribution in [2.45, 2.75) is 20.8 Å². The second-order valence-electron chi connectivity index (χ2n) is 2.79. The molecule has 0 aliphatic carbocycles. The Labute approximate surface area is 63.7 Å². The Morgan fingerprint density at radius 3 is 1.90 bits per heavy atom. The van der Waals surface area contributed by atoms with Crippen LogP contribution in [0.2, 0.25) is 0 Å². The summed E-state index contributed by atoms with van der Waals surface area (Å²) in [6.07, 6.45) is 0. The highest BCUT2D eigenvalue weighted by atomic mass is 14.0. The van der Waals surface area contributed by atoms with E-state index in [1.165, 1.54) is 16.7 Å². The molecular formula is C9H11B. The van der Waals surface area contributed by atoms with Crippen LogP contribution in [0.25, 0.3) is 0 Å². The van der Waals surface area contributed by atoms with Crippen molar-refractivity contribution >= 4 is 13.3 Å². The van der Waals surface area contributed by atoms with E-state index in [4.69, 9.17) is 7.85 Å². The van der Waals surface area contributed by atoms with Crippen LogP contribution in [-0.2, 0) is 0 Å². The van der Waals surface area contributed by atoms with Gasteiger partial charge in [-0.05, 0) is 31.9 Å². The van der Waals surface area contributed by atoms with Crippen LogP contribution in [0.5, 0.6) is 0 Å². The first-order valence-electron chi connectivity index (χ1n) is 3.44. The third kappa shape index (κ3) is 1.23. The molecule has 0 aliphatic rings. The van der Waals surface area contributed by atoms with E-state index in [2.05, 4.69) is 19.9 Å². The van der Waals surface area contributed by atoms with Gasteiger partial charge in [-0.2, -0.15) is 0 Å². The average Bonchev–Trinajstić information content (AvgIpc) is 1.84. The van der Waals surface area contributed by atoms with Crippen molar-refractivity contribution in [2.75, 3.05) is 0 Å². The molecule has 1 aromatic rings. The van der Waals surface area contributed by atoms with Crippen LogP contribution in [0.4, 0.5) is 0 Å².